The number of carbonyl (C=O) groups excluding carboxylic acids is 1. The first-order chi connectivity index (χ1) is 10.4. The van der Waals surface area contributed by atoms with Crippen molar-refractivity contribution in [1.82, 2.24) is 15.2 Å². The molecule has 0 bridgehead atoms. The third kappa shape index (κ3) is 4.75. The highest BCUT2D eigenvalue weighted by Gasteiger charge is 2.18. The van der Waals surface area contributed by atoms with Gasteiger partial charge < -0.3 is 0 Å². The lowest BCUT2D eigenvalue weighted by Gasteiger charge is -2.34. The molecule has 122 valence electrons. The van der Waals surface area contributed by atoms with E-state index in [1.54, 1.807) is 12.1 Å². The fraction of sp³-hybridized carbons (Fsp3) is 0.462. The number of benzene rings is 1. The molecular weight excluding hydrogens is 306 g/mol. The van der Waals surface area contributed by atoms with E-state index in [2.05, 4.69) is 10.3 Å². The molecule has 9 heteroatoms. The number of nitrogens with zero attached hydrogens (tertiary/aromatic N) is 2. The van der Waals surface area contributed by atoms with Gasteiger partial charge in [-0.2, -0.15) is 0 Å². The van der Waals surface area contributed by atoms with Crippen LogP contribution in [0.5, 0.6) is 0 Å². The van der Waals surface area contributed by atoms with Gasteiger partial charge in [0.05, 0.1) is 11.4 Å². The Balaban J connectivity index is 1.84. The maximum atomic E-state index is 11.2. The number of hydrogen-bond donors (Lipinski definition) is 3. The lowest BCUT2D eigenvalue weighted by Crippen LogP contribution is -2.49. The normalized spacial score (nSPS) is 17.4. The van der Waals surface area contributed by atoms with E-state index in [1.165, 1.54) is 12.1 Å². The van der Waals surface area contributed by atoms with E-state index in [-0.39, 0.29) is 10.8 Å². The molecule has 22 heavy (non-hydrogen) atoms. The zero-order valence-corrected chi connectivity index (χ0v) is 13.1. The predicted octanol–water partition coefficient (Wildman–Crippen LogP) is -1.56. The predicted molar refractivity (Wildman–Crippen MR) is 81.9 cm³/mol. The summed E-state index contributed by atoms with van der Waals surface area (Å²) < 4.78 is 22.4. The summed E-state index contributed by atoms with van der Waals surface area (Å²) in [4.78, 5) is 15.6. The van der Waals surface area contributed by atoms with E-state index in [0.717, 1.165) is 38.3 Å². The van der Waals surface area contributed by atoms with Gasteiger partial charge >= 0.3 is 0 Å². The van der Waals surface area contributed by atoms with Crippen LogP contribution >= 0.6 is 0 Å². The number of amides is 1. The van der Waals surface area contributed by atoms with Crippen molar-refractivity contribution in [1.29, 1.82) is 0 Å². The van der Waals surface area contributed by atoms with Crippen LogP contribution in [0.25, 0.3) is 0 Å². The summed E-state index contributed by atoms with van der Waals surface area (Å²) in [7, 11) is -3.64. The maximum absolute atomic E-state index is 11.2. The summed E-state index contributed by atoms with van der Waals surface area (Å²) in [6.07, 6.45) is 0. The topological polar surface area (TPSA) is 122 Å². The molecule has 0 saturated carbocycles. The van der Waals surface area contributed by atoms with Crippen molar-refractivity contribution in [2.45, 2.75) is 11.4 Å². The zero-order valence-electron chi connectivity index (χ0n) is 12.2. The number of hydrazine groups is 1. The average molecular weight is 327 g/mol. The van der Waals surface area contributed by atoms with E-state index in [0.29, 0.717) is 6.54 Å². The monoisotopic (exact) mass is 327 g/mol. The molecular formula is C13H21N5O3S. The summed E-state index contributed by atoms with van der Waals surface area (Å²) in [5.41, 5.74) is 3.16. The van der Waals surface area contributed by atoms with Crippen LogP contribution < -0.4 is 16.4 Å². The third-order valence-corrected chi connectivity index (χ3v) is 4.58. The zero-order chi connectivity index (χ0) is 16.2. The van der Waals surface area contributed by atoms with Gasteiger partial charge in [-0.15, -0.1) is 0 Å². The Hall–Kier alpha value is -1.52. The maximum Gasteiger partial charge on any atom is 0.248 e. The molecule has 2 rings (SSSR count). The Kier molecular flexibility index (Phi) is 5.48. The van der Waals surface area contributed by atoms with Crippen molar-refractivity contribution in [3.63, 3.8) is 0 Å². The molecule has 0 unspecified atom stereocenters. The molecule has 1 aliphatic rings. The van der Waals surface area contributed by atoms with Gasteiger partial charge in [0.2, 0.25) is 15.9 Å². The van der Waals surface area contributed by atoms with E-state index in [9.17, 15) is 13.2 Å². The molecule has 0 aromatic heterocycles. The minimum atomic E-state index is -3.64. The highest BCUT2D eigenvalue weighted by Crippen LogP contribution is 2.12. The van der Waals surface area contributed by atoms with Gasteiger partial charge in [-0.3, -0.25) is 20.0 Å². The van der Waals surface area contributed by atoms with Gasteiger partial charge in [-0.1, -0.05) is 12.1 Å². The van der Waals surface area contributed by atoms with Crippen molar-refractivity contribution in [2.75, 3.05) is 32.7 Å². The average Bonchev–Trinajstić information content (AvgIpc) is 2.49. The first-order valence-electron chi connectivity index (χ1n) is 6.94. The van der Waals surface area contributed by atoms with Crippen LogP contribution in [-0.2, 0) is 21.4 Å². The fourth-order valence-corrected chi connectivity index (χ4v) is 2.91. The van der Waals surface area contributed by atoms with Crippen LogP contribution in [-0.4, -0.2) is 56.8 Å². The molecule has 1 amide bonds. The molecule has 0 aliphatic carbocycles. The van der Waals surface area contributed by atoms with Gasteiger partial charge in [0, 0.05) is 32.7 Å². The van der Waals surface area contributed by atoms with Crippen LogP contribution in [0.15, 0.2) is 29.2 Å². The molecule has 1 fully saturated rings. The van der Waals surface area contributed by atoms with E-state index >= 15 is 0 Å². The second-order valence-corrected chi connectivity index (χ2v) is 6.87. The van der Waals surface area contributed by atoms with Gasteiger partial charge in [-0.05, 0) is 17.7 Å². The number of primary sulfonamides is 1. The molecule has 1 aromatic carbocycles. The molecule has 1 heterocycles. The van der Waals surface area contributed by atoms with Crippen LogP contribution in [0.1, 0.15) is 5.56 Å². The standard InChI is InChI=1S/C13H21N5O3S/c14-16-13(19)10-18-7-5-17(6-8-18)9-11-1-3-12(4-2-11)22(15,20)21/h1-4H,5-10,14H2,(H,16,19)(H2,15,20,21). The number of nitrogens with two attached hydrogens (primary N) is 2. The van der Waals surface area contributed by atoms with Gasteiger partial charge in [-0.25, -0.2) is 19.4 Å². The Morgan fingerprint density at radius 2 is 1.64 bits per heavy atom. The molecule has 0 atom stereocenters. The van der Waals surface area contributed by atoms with Crippen LogP contribution in [0.4, 0.5) is 0 Å². The number of hydrogen-bond acceptors (Lipinski definition) is 6. The van der Waals surface area contributed by atoms with E-state index in [4.69, 9.17) is 11.0 Å². The second kappa shape index (κ2) is 7.16. The molecule has 5 N–H and O–H groups in total. The summed E-state index contributed by atoms with van der Waals surface area (Å²) >= 11 is 0. The SMILES string of the molecule is NNC(=O)CN1CCN(Cc2ccc(S(N)(=O)=O)cc2)CC1. The Morgan fingerprint density at radius 3 is 2.14 bits per heavy atom. The van der Waals surface area contributed by atoms with Crippen molar-refractivity contribution >= 4 is 15.9 Å². The van der Waals surface area contributed by atoms with Crippen molar-refractivity contribution in [3.8, 4) is 0 Å². The highest BCUT2D eigenvalue weighted by molar-refractivity contribution is 7.89. The Morgan fingerprint density at radius 1 is 1.09 bits per heavy atom. The first kappa shape index (κ1) is 16.8. The molecule has 1 aliphatic heterocycles. The van der Waals surface area contributed by atoms with E-state index < -0.39 is 10.0 Å². The fourth-order valence-electron chi connectivity index (χ4n) is 2.40. The molecule has 0 spiro atoms. The summed E-state index contributed by atoms with van der Waals surface area (Å²) in [5, 5.41) is 5.07. The minimum absolute atomic E-state index is 0.119. The van der Waals surface area contributed by atoms with Gasteiger partial charge in [0.1, 0.15) is 0 Å². The minimum Gasteiger partial charge on any atom is -0.297 e. The summed E-state index contributed by atoms with van der Waals surface area (Å²) in [6, 6.07) is 6.58. The highest BCUT2D eigenvalue weighted by atomic mass is 32.2. The number of nitrogens with one attached hydrogen (secondary N) is 1. The lowest BCUT2D eigenvalue weighted by molar-refractivity contribution is -0.122. The number of rotatable bonds is 5. The largest absolute Gasteiger partial charge is 0.297 e. The lowest BCUT2D eigenvalue weighted by atomic mass is 10.2. The number of carbonyl (C=O) groups is 1. The number of piperazine rings is 1. The first-order valence-corrected chi connectivity index (χ1v) is 8.49. The Labute approximate surface area is 130 Å². The Bertz CT molecular complexity index is 609. The van der Waals surface area contributed by atoms with Crippen molar-refractivity contribution in [2.24, 2.45) is 11.0 Å². The molecule has 1 saturated heterocycles. The quantitative estimate of drug-likeness (QED) is 0.342. The second-order valence-electron chi connectivity index (χ2n) is 5.31. The van der Waals surface area contributed by atoms with Crippen LogP contribution in [0.3, 0.4) is 0 Å². The van der Waals surface area contributed by atoms with Crippen molar-refractivity contribution in [3.05, 3.63) is 29.8 Å². The third-order valence-electron chi connectivity index (χ3n) is 3.65. The summed E-state index contributed by atoms with van der Waals surface area (Å²) in [6.45, 7) is 4.32. The molecule has 1 aromatic rings. The van der Waals surface area contributed by atoms with Gasteiger partial charge in [0.15, 0.2) is 0 Å². The van der Waals surface area contributed by atoms with Gasteiger partial charge in [0.25, 0.3) is 0 Å². The molecule has 0 radical (unpaired) electrons. The van der Waals surface area contributed by atoms with Crippen LogP contribution in [0, 0.1) is 0 Å². The van der Waals surface area contributed by atoms with E-state index in [1.807, 2.05) is 4.90 Å². The molecule has 8 nitrogen and oxygen atoms in total. The van der Waals surface area contributed by atoms with Crippen LogP contribution in [0.2, 0.25) is 0 Å². The smallest absolute Gasteiger partial charge is 0.248 e. The van der Waals surface area contributed by atoms with Crippen molar-refractivity contribution < 1.29 is 13.2 Å². The summed E-state index contributed by atoms with van der Waals surface area (Å²) in [5.74, 6) is 4.89. The number of sulfonamides is 1.